The normalized spacial score (nSPS) is 21.3. The van der Waals surface area contributed by atoms with Crippen molar-refractivity contribution in [3.8, 4) is 0 Å². The van der Waals surface area contributed by atoms with Gasteiger partial charge in [0.05, 0.1) is 11.7 Å². The minimum absolute atomic E-state index is 0.0652. The molecule has 2 unspecified atom stereocenters. The van der Waals surface area contributed by atoms with Crippen molar-refractivity contribution >= 4 is 49.0 Å². The van der Waals surface area contributed by atoms with Crippen LogP contribution in [0.3, 0.4) is 0 Å². The first-order chi connectivity index (χ1) is 23.0. The average Bonchev–Trinajstić information content (AvgIpc) is 3.22. The molecule has 3 aromatic rings. The molecule has 2 heterocycles. The zero-order valence-corrected chi connectivity index (χ0v) is 32.1. The Morgan fingerprint density at radius 1 is 1.06 bits per heavy atom. The minimum Gasteiger partial charge on any atom is -0.444 e. The molecule has 2 aliphatic heterocycles. The van der Waals surface area contributed by atoms with E-state index in [2.05, 4.69) is 29.9 Å². The number of piperidine rings is 1. The summed E-state index contributed by atoms with van der Waals surface area (Å²) in [4.78, 5) is 32.1. The number of hydrogen-bond acceptors (Lipinski definition) is 5. The summed E-state index contributed by atoms with van der Waals surface area (Å²) in [5.41, 5.74) is 2.18. The van der Waals surface area contributed by atoms with E-state index in [0.717, 1.165) is 28.3 Å². The number of benzene rings is 3. The van der Waals surface area contributed by atoms with E-state index in [1.165, 1.54) is 6.07 Å². The van der Waals surface area contributed by atoms with E-state index >= 15 is 9.18 Å². The first kappa shape index (κ1) is 37.3. The van der Waals surface area contributed by atoms with Crippen molar-refractivity contribution < 1.29 is 23.5 Å². The SMILES string of the molecule is Cc1ccc(F)cc1C1CCN(CCNC(=O)OC(C)(C)C)[C@@H](c2cccc(Cl)c2)C12C(=O)N(COCC[Si](C)(C)C)c1cc(Cl)ccc12. The zero-order chi connectivity index (χ0) is 35.7. The lowest BCUT2D eigenvalue weighted by Gasteiger charge is -2.52. The zero-order valence-electron chi connectivity index (χ0n) is 29.5. The topological polar surface area (TPSA) is 71.1 Å². The van der Waals surface area contributed by atoms with Gasteiger partial charge in [-0.25, -0.2) is 9.18 Å². The van der Waals surface area contributed by atoms with Crippen molar-refractivity contribution in [2.24, 2.45) is 0 Å². The Bertz CT molecular complexity index is 1690. The van der Waals surface area contributed by atoms with Gasteiger partial charge in [-0.15, -0.1) is 0 Å². The van der Waals surface area contributed by atoms with Crippen molar-refractivity contribution in [1.29, 1.82) is 0 Å². The molecule has 0 aliphatic carbocycles. The number of likely N-dealkylation sites (tertiary alicyclic amines) is 1. The van der Waals surface area contributed by atoms with Gasteiger partial charge >= 0.3 is 6.09 Å². The van der Waals surface area contributed by atoms with Crippen molar-refractivity contribution in [3.05, 3.63) is 98.8 Å². The second-order valence-electron chi connectivity index (χ2n) is 15.4. The second kappa shape index (κ2) is 14.7. The number of nitrogens with zero attached hydrogens (tertiary/aromatic N) is 2. The van der Waals surface area contributed by atoms with Gasteiger partial charge in [0, 0.05) is 43.7 Å². The van der Waals surface area contributed by atoms with Gasteiger partial charge in [0.2, 0.25) is 5.91 Å². The quantitative estimate of drug-likeness (QED) is 0.167. The minimum atomic E-state index is -1.38. The molecule has 0 aromatic heterocycles. The van der Waals surface area contributed by atoms with Gasteiger partial charge in [-0.1, -0.05) is 67.1 Å². The highest BCUT2D eigenvalue weighted by molar-refractivity contribution is 6.76. The van der Waals surface area contributed by atoms with Gasteiger partial charge in [0.15, 0.2) is 0 Å². The number of carbonyl (C=O) groups is 2. The van der Waals surface area contributed by atoms with E-state index in [-0.39, 0.29) is 25.0 Å². The summed E-state index contributed by atoms with van der Waals surface area (Å²) in [5, 5.41) is 3.93. The number of nitrogens with one attached hydrogen (secondary N) is 1. The summed E-state index contributed by atoms with van der Waals surface area (Å²) >= 11 is 13.3. The molecule has 11 heteroatoms. The highest BCUT2D eigenvalue weighted by Gasteiger charge is 2.63. The predicted octanol–water partition coefficient (Wildman–Crippen LogP) is 9.09. The van der Waals surface area contributed by atoms with Crippen molar-refractivity contribution in [2.45, 2.75) is 82.8 Å². The van der Waals surface area contributed by atoms with E-state index in [1.54, 1.807) is 17.0 Å². The summed E-state index contributed by atoms with van der Waals surface area (Å²) in [5.74, 6) is -0.893. The number of anilines is 1. The summed E-state index contributed by atoms with van der Waals surface area (Å²) < 4.78 is 26.8. The van der Waals surface area contributed by atoms with Gasteiger partial charge in [-0.2, -0.15) is 0 Å². The number of carbonyl (C=O) groups excluding carboxylic acids is 2. The van der Waals surface area contributed by atoms with Crippen LogP contribution in [0, 0.1) is 12.7 Å². The molecule has 1 spiro atoms. The first-order valence-corrected chi connectivity index (χ1v) is 21.4. The summed E-state index contributed by atoms with van der Waals surface area (Å²) in [6.45, 7) is 16.2. The molecule has 0 bridgehead atoms. The number of halogens is 3. The maximum absolute atomic E-state index is 15.5. The molecule has 7 nitrogen and oxygen atoms in total. The molecule has 3 aromatic carbocycles. The molecular formula is C38H48Cl2FN3O4Si. The number of ether oxygens (including phenoxy) is 2. The fraction of sp³-hybridized carbons (Fsp3) is 0.474. The first-order valence-electron chi connectivity index (χ1n) is 16.9. The second-order valence-corrected chi connectivity index (χ2v) is 21.9. The van der Waals surface area contributed by atoms with Gasteiger partial charge in [-0.3, -0.25) is 14.6 Å². The van der Waals surface area contributed by atoms with Crippen molar-refractivity contribution in [1.82, 2.24) is 10.2 Å². The van der Waals surface area contributed by atoms with Crippen LogP contribution in [0.2, 0.25) is 35.7 Å². The molecule has 1 N–H and O–H groups in total. The fourth-order valence-corrected chi connectivity index (χ4v) is 8.44. The van der Waals surface area contributed by atoms with E-state index in [4.69, 9.17) is 32.7 Å². The Morgan fingerprint density at radius 3 is 2.49 bits per heavy atom. The molecule has 1 saturated heterocycles. The molecule has 0 radical (unpaired) electrons. The Labute approximate surface area is 301 Å². The molecule has 5 rings (SSSR count). The summed E-state index contributed by atoms with van der Waals surface area (Å²) in [7, 11) is -1.38. The van der Waals surface area contributed by atoms with Gasteiger partial charge in [-0.05, 0) is 105 Å². The molecule has 2 aliphatic rings. The number of hydrogen-bond donors (Lipinski definition) is 1. The van der Waals surface area contributed by atoms with Crippen molar-refractivity contribution in [2.75, 3.05) is 37.9 Å². The average molecular weight is 729 g/mol. The lowest BCUT2D eigenvalue weighted by Crippen LogP contribution is -2.59. The fourth-order valence-electron chi connectivity index (χ4n) is 7.31. The molecular weight excluding hydrogens is 680 g/mol. The van der Waals surface area contributed by atoms with Crippen LogP contribution in [-0.4, -0.2) is 63.5 Å². The van der Waals surface area contributed by atoms with E-state index in [9.17, 15) is 4.79 Å². The molecule has 0 saturated carbocycles. The molecule has 264 valence electrons. The maximum atomic E-state index is 15.5. The Morgan fingerprint density at radius 2 is 1.80 bits per heavy atom. The van der Waals surface area contributed by atoms with Crippen LogP contribution in [0.4, 0.5) is 14.9 Å². The van der Waals surface area contributed by atoms with Crippen LogP contribution in [0.5, 0.6) is 0 Å². The van der Waals surface area contributed by atoms with Crippen LogP contribution in [-0.2, 0) is 19.7 Å². The van der Waals surface area contributed by atoms with Crippen LogP contribution in [0.15, 0.2) is 60.7 Å². The van der Waals surface area contributed by atoms with Gasteiger partial charge < -0.3 is 14.8 Å². The number of fused-ring (bicyclic) bond motifs is 2. The Hall–Kier alpha value is -2.95. The van der Waals surface area contributed by atoms with Crippen LogP contribution in [0.1, 0.15) is 61.4 Å². The number of amides is 2. The standard InChI is InChI=1S/C38H48Cl2FN3O4Si/c1-25-11-13-29(41)23-30(25)31-15-17-43(18-16-42-36(46)48-37(2,3)4)34(26-9-8-10-27(39)21-26)38(31)32-14-12-28(40)22-33(32)44(35(38)45)24-47-19-20-49(5,6)7/h8-14,21-23,31,34H,15-20,24H2,1-7H3,(H,42,46)/t31?,34-,38?/m0/s1. The third kappa shape index (κ3) is 8.18. The maximum Gasteiger partial charge on any atom is 0.407 e. The van der Waals surface area contributed by atoms with Crippen LogP contribution < -0.4 is 10.2 Å². The summed E-state index contributed by atoms with van der Waals surface area (Å²) in [6, 6.07) is 18.4. The monoisotopic (exact) mass is 727 g/mol. The summed E-state index contributed by atoms with van der Waals surface area (Å²) in [6.07, 6.45) is 0.0525. The van der Waals surface area contributed by atoms with Crippen LogP contribution >= 0.6 is 23.2 Å². The smallest absolute Gasteiger partial charge is 0.407 e. The largest absolute Gasteiger partial charge is 0.444 e. The Kier molecular flexibility index (Phi) is 11.2. The highest BCUT2D eigenvalue weighted by Crippen LogP contribution is 2.61. The molecule has 1 fully saturated rings. The van der Waals surface area contributed by atoms with E-state index < -0.39 is 37.1 Å². The third-order valence-electron chi connectivity index (χ3n) is 9.41. The molecule has 49 heavy (non-hydrogen) atoms. The number of alkyl carbamates (subject to hydrolysis) is 1. The van der Waals surface area contributed by atoms with Crippen molar-refractivity contribution in [3.63, 3.8) is 0 Å². The number of aryl methyl sites for hydroxylation is 1. The number of rotatable bonds is 10. The predicted molar refractivity (Wildman–Crippen MR) is 198 cm³/mol. The van der Waals surface area contributed by atoms with Gasteiger partial charge in [0.1, 0.15) is 23.6 Å². The van der Waals surface area contributed by atoms with E-state index in [0.29, 0.717) is 41.8 Å². The highest BCUT2D eigenvalue weighted by atomic mass is 35.5. The molecule has 3 atom stereocenters. The lowest BCUT2D eigenvalue weighted by atomic mass is 9.58. The molecule has 2 amide bonds. The van der Waals surface area contributed by atoms with Gasteiger partial charge in [0.25, 0.3) is 0 Å². The lowest BCUT2D eigenvalue weighted by molar-refractivity contribution is -0.130. The Balaban J connectivity index is 1.67. The third-order valence-corrected chi connectivity index (χ3v) is 11.6. The van der Waals surface area contributed by atoms with Crippen LogP contribution in [0.25, 0.3) is 0 Å². The van der Waals surface area contributed by atoms with E-state index in [1.807, 2.05) is 70.2 Å².